The van der Waals surface area contributed by atoms with Crippen molar-refractivity contribution in [2.75, 3.05) is 5.75 Å². The van der Waals surface area contributed by atoms with E-state index < -0.39 is 15.1 Å². The van der Waals surface area contributed by atoms with Crippen LogP contribution in [0.15, 0.2) is 6.07 Å². The maximum atomic E-state index is 11.8. The van der Waals surface area contributed by atoms with Crippen LogP contribution in [0, 0.1) is 0 Å². The smallest absolute Gasteiger partial charge is 0.179 e. The Morgan fingerprint density at radius 2 is 2.25 bits per heavy atom. The number of hydrogen-bond donors (Lipinski definition) is 1. The van der Waals surface area contributed by atoms with Crippen LogP contribution in [-0.4, -0.2) is 30.2 Å². The third kappa shape index (κ3) is 2.02. The Hall–Kier alpha value is -1.17. The van der Waals surface area contributed by atoms with E-state index in [9.17, 15) is 13.2 Å². The van der Waals surface area contributed by atoms with E-state index in [4.69, 9.17) is 0 Å². The van der Waals surface area contributed by atoms with Gasteiger partial charge in [0.2, 0.25) is 0 Å². The van der Waals surface area contributed by atoms with E-state index in [0.717, 1.165) is 12.8 Å². The molecule has 1 atom stereocenters. The fraction of sp³-hybridized carbons (Fsp3) is 0.600. The van der Waals surface area contributed by atoms with Crippen LogP contribution >= 0.6 is 0 Å². The van der Waals surface area contributed by atoms with Crippen LogP contribution in [0.2, 0.25) is 0 Å². The summed E-state index contributed by atoms with van der Waals surface area (Å²) in [6.07, 6.45) is 2.24. The topological polar surface area (TPSA) is 79.9 Å². The van der Waals surface area contributed by atoms with Crippen molar-refractivity contribution in [2.45, 2.75) is 31.4 Å². The molecule has 0 aromatic carbocycles. The van der Waals surface area contributed by atoms with E-state index in [-0.39, 0.29) is 11.5 Å². The minimum Gasteiger partial charge on any atom is -0.293 e. The number of sulfone groups is 1. The molecule has 6 heteroatoms. The van der Waals surface area contributed by atoms with Gasteiger partial charge in [-0.1, -0.05) is 6.42 Å². The van der Waals surface area contributed by atoms with Crippen molar-refractivity contribution >= 4 is 15.6 Å². The van der Waals surface area contributed by atoms with Crippen molar-refractivity contribution in [3.05, 3.63) is 17.5 Å². The van der Waals surface area contributed by atoms with Crippen molar-refractivity contribution < 1.29 is 13.2 Å². The van der Waals surface area contributed by atoms with E-state index in [1.54, 1.807) is 6.07 Å². The third-order valence-electron chi connectivity index (χ3n) is 2.88. The number of Topliss-reactive ketones (excluding diaryl/α,β-unsaturated/α-hetero) is 1. The molecule has 5 nitrogen and oxygen atoms in total. The number of ketones is 1. The first kappa shape index (κ1) is 11.3. The summed E-state index contributed by atoms with van der Waals surface area (Å²) < 4.78 is 23.7. The number of aromatic nitrogens is 2. The zero-order valence-corrected chi connectivity index (χ0v) is 9.88. The van der Waals surface area contributed by atoms with Crippen molar-refractivity contribution in [3.63, 3.8) is 0 Å². The molecule has 1 aromatic heterocycles. The second kappa shape index (κ2) is 4.01. The van der Waals surface area contributed by atoms with Gasteiger partial charge in [0.15, 0.2) is 15.6 Å². The predicted octanol–water partition coefficient (Wildman–Crippen LogP) is 1.25. The second-order valence-corrected chi connectivity index (χ2v) is 6.42. The summed E-state index contributed by atoms with van der Waals surface area (Å²) in [7, 11) is -3.07. The molecular formula is C10H14N2O3S. The highest BCUT2D eigenvalue weighted by atomic mass is 32.2. The Kier molecular flexibility index (Phi) is 2.84. The normalized spacial score (nSPS) is 24.2. The Labute approximate surface area is 94.2 Å². The maximum Gasteiger partial charge on any atom is 0.179 e. The molecule has 1 aliphatic heterocycles. The Morgan fingerprint density at radius 3 is 2.81 bits per heavy atom. The molecule has 2 heterocycles. The molecule has 1 fully saturated rings. The minimum atomic E-state index is -3.07. The molecular weight excluding hydrogens is 228 g/mol. The summed E-state index contributed by atoms with van der Waals surface area (Å²) in [5.74, 6) is 0.0715. The van der Waals surface area contributed by atoms with Crippen LogP contribution in [0.3, 0.4) is 0 Å². The van der Waals surface area contributed by atoms with Crippen LogP contribution in [-0.2, 0) is 9.84 Å². The second-order valence-electron chi connectivity index (χ2n) is 4.12. The minimum absolute atomic E-state index is 0.157. The summed E-state index contributed by atoms with van der Waals surface area (Å²) in [6.45, 7) is 1.41. The number of rotatable bonds is 2. The van der Waals surface area contributed by atoms with E-state index in [1.807, 2.05) is 0 Å². The van der Waals surface area contributed by atoms with Crippen molar-refractivity contribution in [2.24, 2.45) is 0 Å². The Morgan fingerprint density at radius 1 is 1.50 bits per heavy atom. The van der Waals surface area contributed by atoms with Crippen LogP contribution in [0.1, 0.15) is 47.6 Å². The fourth-order valence-electron chi connectivity index (χ4n) is 1.99. The molecule has 1 aliphatic rings. The highest BCUT2D eigenvalue weighted by Gasteiger charge is 2.31. The molecule has 2 rings (SSSR count). The van der Waals surface area contributed by atoms with E-state index in [2.05, 4.69) is 10.2 Å². The zero-order valence-electron chi connectivity index (χ0n) is 9.06. The molecule has 1 aromatic rings. The first-order chi connectivity index (χ1) is 7.50. The van der Waals surface area contributed by atoms with Gasteiger partial charge >= 0.3 is 0 Å². The van der Waals surface area contributed by atoms with Gasteiger partial charge in [-0.2, -0.15) is 5.10 Å². The number of H-pyrrole nitrogens is 1. The molecule has 0 amide bonds. The SMILES string of the molecule is CC(=O)c1cc(C2CCCCS2(=O)=O)[nH]n1. The number of nitrogens with one attached hydrogen (secondary N) is 1. The van der Waals surface area contributed by atoms with Gasteiger partial charge in [-0.25, -0.2) is 8.42 Å². The van der Waals surface area contributed by atoms with Gasteiger partial charge in [0.05, 0.1) is 11.4 Å². The number of carbonyl (C=O) groups is 1. The highest BCUT2D eigenvalue weighted by Crippen LogP contribution is 2.32. The van der Waals surface area contributed by atoms with Crippen LogP contribution in [0.4, 0.5) is 0 Å². The maximum absolute atomic E-state index is 11.8. The van der Waals surface area contributed by atoms with Gasteiger partial charge in [0.1, 0.15) is 10.9 Å². The lowest BCUT2D eigenvalue weighted by atomic mass is 10.1. The van der Waals surface area contributed by atoms with E-state index >= 15 is 0 Å². The van der Waals surface area contributed by atoms with Crippen molar-refractivity contribution in [1.82, 2.24) is 10.2 Å². The summed E-state index contributed by atoms with van der Waals surface area (Å²) in [5, 5.41) is 5.97. The first-order valence-corrected chi connectivity index (χ1v) is 7.00. The molecule has 0 bridgehead atoms. The molecule has 88 valence electrons. The first-order valence-electron chi connectivity index (χ1n) is 5.28. The quantitative estimate of drug-likeness (QED) is 0.791. The molecule has 16 heavy (non-hydrogen) atoms. The predicted molar refractivity (Wildman–Crippen MR) is 59.0 cm³/mol. The molecule has 1 N–H and O–H groups in total. The largest absolute Gasteiger partial charge is 0.293 e. The zero-order chi connectivity index (χ0) is 11.8. The van der Waals surface area contributed by atoms with Gasteiger partial charge < -0.3 is 0 Å². The molecule has 0 aliphatic carbocycles. The lowest BCUT2D eigenvalue weighted by molar-refractivity contribution is 0.101. The van der Waals surface area contributed by atoms with Crippen molar-refractivity contribution in [1.29, 1.82) is 0 Å². The number of carbonyl (C=O) groups excluding carboxylic acids is 1. The summed E-state index contributed by atoms with van der Waals surface area (Å²) in [5.41, 5.74) is 0.848. The van der Waals surface area contributed by atoms with Gasteiger partial charge in [-0.15, -0.1) is 0 Å². The number of nitrogens with zero attached hydrogens (tertiary/aromatic N) is 1. The molecule has 1 unspecified atom stereocenters. The summed E-state index contributed by atoms with van der Waals surface area (Å²) in [6, 6.07) is 1.55. The highest BCUT2D eigenvalue weighted by molar-refractivity contribution is 7.91. The molecule has 0 radical (unpaired) electrons. The van der Waals surface area contributed by atoms with Gasteiger partial charge in [0, 0.05) is 6.92 Å². The average Bonchev–Trinajstić information content (AvgIpc) is 2.65. The number of aromatic amines is 1. The van der Waals surface area contributed by atoms with Gasteiger partial charge in [-0.05, 0) is 18.9 Å². The monoisotopic (exact) mass is 242 g/mol. The summed E-state index contributed by atoms with van der Waals surface area (Å²) >= 11 is 0. The fourth-order valence-corrected chi connectivity index (χ4v) is 3.91. The van der Waals surface area contributed by atoms with Gasteiger partial charge in [0.25, 0.3) is 0 Å². The average molecular weight is 242 g/mol. The van der Waals surface area contributed by atoms with E-state index in [1.165, 1.54) is 6.92 Å². The lowest BCUT2D eigenvalue weighted by Gasteiger charge is -2.20. The standard InChI is InChI=1S/C10H14N2O3S/c1-7(13)8-6-9(12-11-8)10-4-2-3-5-16(10,14)15/h6,10H,2-5H2,1H3,(H,11,12). The lowest BCUT2D eigenvalue weighted by Crippen LogP contribution is -2.21. The van der Waals surface area contributed by atoms with Crippen LogP contribution < -0.4 is 0 Å². The molecule has 0 saturated carbocycles. The van der Waals surface area contributed by atoms with Gasteiger partial charge in [-0.3, -0.25) is 9.89 Å². The molecule has 1 saturated heterocycles. The molecule has 0 spiro atoms. The Balaban J connectivity index is 2.32. The number of hydrogen-bond acceptors (Lipinski definition) is 4. The van der Waals surface area contributed by atoms with E-state index in [0.29, 0.717) is 17.8 Å². The Bertz CT molecular complexity index is 504. The van der Waals surface area contributed by atoms with Crippen LogP contribution in [0.5, 0.6) is 0 Å². The van der Waals surface area contributed by atoms with Crippen molar-refractivity contribution in [3.8, 4) is 0 Å². The third-order valence-corrected chi connectivity index (χ3v) is 5.10. The van der Waals surface area contributed by atoms with Crippen LogP contribution in [0.25, 0.3) is 0 Å². The summed E-state index contributed by atoms with van der Waals surface area (Å²) in [4.78, 5) is 11.1.